The first kappa shape index (κ1) is 26.6. The third kappa shape index (κ3) is 8.32. The highest BCUT2D eigenvalue weighted by Crippen LogP contribution is 2.51. The van der Waals surface area contributed by atoms with Crippen molar-refractivity contribution in [3.63, 3.8) is 0 Å². The van der Waals surface area contributed by atoms with Gasteiger partial charge in [0.2, 0.25) is 0 Å². The first-order chi connectivity index (χ1) is 13.1. The van der Waals surface area contributed by atoms with Crippen molar-refractivity contribution in [1.29, 1.82) is 0 Å². The van der Waals surface area contributed by atoms with Crippen LogP contribution >= 0.6 is 30.7 Å². The first-order valence-corrected chi connectivity index (χ1v) is 11.2. The predicted octanol–water partition coefficient (Wildman–Crippen LogP) is 3.75. The maximum Gasteiger partial charge on any atom is 0.290 e. The van der Waals surface area contributed by atoms with Gasteiger partial charge in [0.1, 0.15) is 24.4 Å². The monoisotopic (exact) mass is 455 g/mol. The summed E-state index contributed by atoms with van der Waals surface area (Å²) in [6.07, 6.45) is -0.950. The normalized spacial score (nSPS) is 13.9. The minimum absolute atomic E-state index is 0.0579. The zero-order valence-electron chi connectivity index (χ0n) is 16.0. The van der Waals surface area contributed by atoms with Crippen molar-refractivity contribution < 1.29 is 23.6 Å². The van der Waals surface area contributed by atoms with Crippen LogP contribution in [0.1, 0.15) is 30.8 Å². The van der Waals surface area contributed by atoms with Crippen LogP contribution in [0.3, 0.4) is 0 Å². The summed E-state index contributed by atoms with van der Waals surface area (Å²) < 4.78 is 20.4. The lowest BCUT2D eigenvalue weighted by atomic mass is 10.1. The molecule has 1 aromatic rings. The molecule has 0 aliphatic carbocycles. The Kier molecular flexibility index (Phi) is 12.3. The highest BCUT2D eigenvalue weighted by Gasteiger charge is 2.31. The molecule has 28 heavy (non-hydrogen) atoms. The predicted molar refractivity (Wildman–Crippen MR) is 108 cm³/mol. The van der Waals surface area contributed by atoms with E-state index in [9.17, 15) is 19.5 Å². The molecule has 0 N–H and O–H groups in total. The third-order valence-electron chi connectivity index (χ3n) is 3.60. The molecule has 0 aliphatic rings. The van der Waals surface area contributed by atoms with Gasteiger partial charge in [0.05, 0.1) is 10.6 Å². The molecule has 2 atom stereocenters. The molecule has 0 aliphatic heterocycles. The van der Waals surface area contributed by atoms with E-state index in [1.54, 1.807) is 4.67 Å². The average molecular weight is 456 g/mol. The molecule has 0 aromatic carbocycles. The number of alkyl halides is 2. The zero-order chi connectivity index (χ0) is 21.9. The Morgan fingerprint density at radius 3 is 2.29 bits per heavy atom. The molecular weight excluding hydrogens is 432 g/mol. The molecule has 9 nitrogen and oxygen atoms in total. The number of halogens is 2. The Hall–Kier alpha value is -1.38. The van der Waals surface area contributed by atoms with E-state index in [-0.39, 0.29) is 35.3 Å². The lowest BCUT2D eigenvalue weighted by molar-refractivity contribution is -0.385. The van der Waals surface area contributed by atoms with E-state index in [1.807, 2.05) is 6.79 Å². The second-order valence-corrected chi connectivity index (χ2v) is 8.87. The Morgan fingerprint density at radius 2 is 1.89 bits per heavy atom. The number of pyridine rings is 1. The quantitative estimate of drug-likeness (QED) is 0.214. The van der Waals surface area contributed by atoms with E-state index in [4.69, 9.17) is 32.5 Å². The van der Waals surface area contributed by atoms with Crippen LogP contribution in [0.4, 0.5) is 5.69 Å². The number of Topliss-reactive ketones (excluding diaryl/α,β-unsaturated/α-hetero) is 1. The topological polar surface area (TPSA) is 120 Å². The number of hydrogen-bond acceptors (Lipinski definition) is 7. The van der Waals surface area contributed by atoms with Crippen LogP contribution in [0.5, 0.6) is 0 Å². The fourth-order valence-corrected chi connectivity index (χ4v) is 4.73. The highest BCUT2D eigenvalue weighted by molar-refractivity contribution is 7.55. The van der Waals surface area contributed by atoms with Crippen molar-refractivity contribution in [3.8, 4) is 0 Å². The minimum atomic E-state index is -3.32. The lowest BCUT2D eigenvalue weighted by Gasteiger charge is -2.30. The second kappa shape index (κ2) is 13.0. The Bertz CT molecular complexity index is 716. The van der Waals surface area contributed by atoms with Crippen molar-refractivity contribution in [2.75, 3.05) is 31.5 Å². The number of aromatic nitrogens is 1. The summed E-state index contributed by atoms with van der Waals surface area (Å²) in [5, 5.41) is 10.9. The minimum Gasteiger partial charge on any atom is -0.307 e. The van der Waals surface area contributed by atoms with Gasteiger partial charge in [0.25, 0.3) is 13.2 Å². The van der Waals surface area contributed by atoms with Crippen molar-refractivity contribution in [2.24, 2.45) is 0 Å². The fraction of sp³-hybridized carbons (Fsp3) is 0.562. The molecule has 0 fully saturated rings. The molecule has 0 spiro atoms. The van der Waals surface area contributed by atoms with Gasteiger partial charge in [0.15, 0.2) is 0 Å². The summed E-state index contributed by atoms with van der Waals surface area (Å²) in [5.74, 6) is 0.295. The number of nitro groups is 1. The van der Waals surface area contributed by atoms with Gasteiger partial charge in [-0.25, -0.2) is 9.65 Å². The average Bonchev–Trinajstić information content (AvgIpc) is 2.61. The molecule has 0 radical (unpaired) electrons. The van der Waals surface area contributed by atoms with Gasteiger partial charge in [-0.1, -0.05) is 0 Å². The van der Waals surface area contributed by atoms with Gasteiger partial charge >= 0.3 is 0 Å². The van der Waals surface area contributed by atoms with Crippen molar-refractivity contribution >= 4 is 49.0 Å². The van der Waals surface area contributed by atoms with Gasteiger partial charge in [-0.15, -0.1) is 23.2 Å². The maximum atomic E-state index is 13.1. The van der Waals surface area contributed by atoms with Crippen LogP contribution in [0.2, 0.25) is 0 Å². The molecule has 1 rings (SSSR count). The van der Waals surface area contributed by atoms with Crippen LogP contribution in [-0.4, -0.2) is 58.7 Å². The van der Waals surface area contributed by atoms with Crippen LogP contribution in [-0.2, 0) is 18.7 Å². The van der Waals surface area contributed by atoms with E-state index in [0.717, 1.165) is 0 Å². The van der Waals surface area contributed by atoms with Crippen molar-refractivity contribution in [2.45, 2.75) is 26.4 Å². The molecule has 1 aromatic heterocycles. The van der Waals surface area contributed by atoms with E-state index in [0.29, 0.717) is 18.8 Å². The second-order valence-electron chi connectivity index (χ2n) is 5.73. The molecule has 0 bridgehead atoms. The summed E-state index contributed by atoms with van der Waals surface area (Å²) in [7, 11) is -3.32. The van der Waals surface area contributed by atoms with Crippen molar-refractivity contribution in [1.82, 2.24) is 9.65 Å². The Balaban J connectivity index is 0.00000352. The fourth-order valence-electron chi connectivity index (χ4n) is 2.38. The summed E-state index contributed by atoms with van der Waals surface area (Å²) >= 11 is 11.5. The Labute approximate surface area is 174 Å². The summed E-state index contributed by atoms with van der Waals surface area (Å²) in [6, 6.07) is 2.70. The molecule has 1 heterocycles. The number of carbonyl (C=O) groups excluding carboxylic acids is 2. The number of carbonyl (C=O) groups is 2. The first-order valence-electron chi connectivity index (χ1n) is 8.15. The highest BCUT2D eigenvalue weighted by atomic mass is 35.5. The molecule has 2 unspecified atom stereocenters. The lowest BCUT2D eigenvalue weighted by Crippen LogP contribution is -2.27. The van der Waals surface area contributed by atoms with E-state index in [2.05, 4.69) is 4.98 Å². The van der Waals surface area contributed by atoms with Gasteiger partial charge in [-0.05, 0) is 19.9 Å². The van der Waals surface area contributed by atoms with Gasteiger partial charge < -0.3 is 9.32 Å². The van der Waals surface area contributed by atoms with E-state index >= 15 is 0 Å². The van der Waals surface area contributed by atoms with E-state index < -0.39 is 18.5 Å². The van der Waals surface area contributed by atoms with Gasteiger partial charge in [-0.3, -0.25) is 19.5 Å². The zero-order valence-corrected chi connectivity index (χ0v) is 18.4. The number of ketones is 1. The molecular formula is C16H24Cl2N3O6P. The van der Waals surface area contributed by atoms with Crippen molar-refractivity contribution in [3.05, 3.63) is 33.6 Å². The molecule has 12 heteroatoms. The third-order valence-corrected chi connectivity index (χ3v) is 6.01. The van der Waals surface area contributed by atoms with Crippen LogP contribution in [0.25, 0.3) is 0 Å². The number of hydrogen-bond donors (Lipinski definition) is 0. The largest absolute Gasteiger partial charge is 0.307 e. The SMILES string of the molecule is C=O.CC(=O)CC(OP(C)(=O)N(CCCl)CCCl)c1ccc([N+](=O)[O-])c(C)n1. The molecule has 158 valence electrons. The van der Waals surface area contributed by atoms with Crippen LogP contribution in [0, 0.1) is 17.0 Å². The van der Waals surface area contributed by atoms with Crippen LogP contribution in [0.15, 0.2) is 12.1 Å². The summed E-state index contributed by atoms with van der Waals surface area (Å²) in [5.41, 5.74) is 0.358. The van der Waals surface area contributed by atoms with Gasteiger partial charge in [-0.2, -0.15) is 0 Å². The molecule has 0 saturated heterocycles. The number of aryl methyl sites for hydroxylation is 1. The number of nitrogens with zero attached hydrogens (tertiary/aromatic N) is 3. The molecule has 0 amide bonds. The van der Waals surface area contributed by atoms with Gasteiger partial charge in [0, 0.05) is 44.0 Å². The smallest absolute Gasteiger partial charge is 0.290 e. The summed E-state index contributed by atoms with van der Waals surface area (Å²) in [6.45, 7) is 6.91. The standard InChI is InChI=1S/C15H22Cl2N3O5P.CH2O/c1-11(21)10-15(13-4-5-14(20(22)23)12(2)18-13)25-26(3,24)19(8-6-16)9-7-17;1-2/h4-5,15H,6-10H2,1-3H3;1H2. The van der Waals surface area contributed by atoms with Crippen LogP contribution < -0.4 is 0 Å². The van der Waals surface area contributed by atoms with E-state index in [1.165, 1.54) is 32.6 Å². The summed E-state index contributed by atoms with van der Waals surface area (Å²) in [4.78, 5) is 34.2. The number of rotatable bonds is 11. The Morgan fingerprint density at radius 1 is 1.36 bits per heavy atom. The maximum absolute atomic E-state index is 13.1. The molecule has 0 saturated carbocycles.